The van der Waals surface area contributed by atoms with Crippen LogP contribution in [0.2, 0.25) is 0 Å². The Bertz CT molecular complexity index is 549. The number of rotatable bonds is 5. The molecule has 0 fully saturated rings. The van der Waals surface area contributed by atoms with E-state index in [0.717, 1.165) is 36.9 Å². The van der Waals surface area contributed by atoms with Crippen molar-refractivity contribution >= 4 is 11.7 Å². The summed E-state index contributed by atoms with van der Waals surface area (Å²) in [5, 5.41) is 11.8. The topological polar surface area (TPSA) is 75.0 Å². The highest BCUT2D eigenvalue weighted by molar-refractivity contribution is 5.92. The van der Waals surface area contributed by atoms with Crippen LogP contribution in [0.4, 0.5) is 5.82 Å². The fourth-order valence-electron chi connectivity index (χ4n) is 2.16. The number of pyridine rings is 1. The number of aryl methyl sites for hydroxylation is 2. The Morgan fingerprint density at radius 2 is 2.40 bits per heavy atom. The maximum atomic E-state index is 11.8. The summed E-state index contributed by atoms with van der Waals surface area (Å²) in [7, 11) is 0. The Kier molecular flexibility index (Phi) is 4.70. The normalized spacial score (nSPS) is 14.4. The van der Waals surface area contributed by atoms with Gasteiger partial charge in [0, 0.05) is 5.69 Å². The number of fused-ring (bicyclic) bond motifs is 1. The number of carbonyl (C=O) groups is 1. The van der Waals surface area contributed by atoms with Gasteiger partial charge in [0.1, 0.15) is 12.7 Å². The molecular weight excluding hydrogens is 254 g/mol. The van der Waals surface area contributed by atoms with E-state index in [1.54, 1.807) is 0 Å². The smallest absolute Gasteiger partial charge is 0.251 e. The fourth-order valence-corrected chi connectivity index (χ4v) is 2.16. The van der Waals surface area contributed by atoms with Crippen molar-refractivity contribution in [3.8, 4) is 6.07 Å². The van der Waals surface area contributed by atoms with Gasteiger partial charge in [0.05, 0.1) is 11.7 Å². The number of hydrogen-bond acceptors (Lipinski definition) is 4. The number of nitriles is 1. The van der Waals surface area contributed by atoms with E-state index in [9.17, 15) is 4.79 Å². The molecule has 0 saturated heterocycles. The number of aromatic nitrogens is 1. The van der Waals surface area contributed by atoms with Crippen molar-refractivity contribution in [2.75, 3.05) is 11.9 Å². The average Bonchev–Trinajstić information content (AvgIpc) is 2.90. The van der Waals surface area contributed by atoms with Gasteiger partial charge < -0.3 is 10.1 Å². The number of hydrogen-bond donors (Lipinski definition) is 1. The SMILES string of the molecule is CC[C@H](C)OCC(=O)Nc1nc2c(cc1C#N)CCC2. The number of amides is 1. The highest BCUT2D eigenvalue weighted by Gasteiger charge is 2.17. The third kappa shape index (κ3) is 3.34. The zero-order chi connectivity index (χ0) is 14.5. The van der Waals surface area contributed by atoms with Crippen LogP contribution < -0.4 is 5.32 Å². The molecule has 20 heavy (non-hydrogen) atoms. The summed E-state index contributed by atoms with van der Waals surface area (Å²) >= 11 is 0. The maximum absolute atomic E-state index is 11.8. The van der Waals surface area contributed by atoms with E-state index in [-0.39, 0.29) is 18.6 Å². The third-order valence-corrected chi connectivity index (χ3v) is 3.50. The third-order valence-electron chi connectivity index (χ3n) is 3.50. The van der Waals surface area contributed by atoms with Crippen molar-refractivity contribution in [2.24, 2.45) is 0 Å². The molecule has 5 nitrogen and oxygen atoms in total. The lowest BCUT2D eigenvalue weighted by Crippen LogP contribution is -2.22. The van der Waals surface area contributed by atoms with Crippen molar-refractivity contribution in [2.45, 2.75) is 45.6 Å². The van der Waals surface area contributed by atoms with Crippen molar-refractivity contribution in [3.05, 3.63) is 22.9 Å². The predicted octanol–water partition coefficient (Wildman–Crippen LogP) is 2.20. The van der Waals surface area contributed by atoms with Crippen LogP contribution in [0.1, 0.15) is 43.5 Å². The highest BCUT2D eigenvalue weighted by Crippen LogP contribution is 2.24. The largest absolute Gasteiger partial charge is 0.369 e. The molecule has 0 spiro atoms. The fraction of sp³-hybridized carbons (Fsp3) is 0.533. The Balaban J connectivity index is 2.05. The molecule has 1 atom stereocenters. The zero-order valence-corrected chi connectivity index (χ0v) is 11.9. The molecule has 5 heteroatoms. The van der Waals surface area contributed by atoms with E-state index < -0.39 is 0 Å². The number of anilines is 1. The van der Waals surface area contributed by atoms with Crippen LogP contribution in [0.5, 0.6) is 0 Å². The minimum atomic E-state index is -0.271. The van der Waals surface area contributed by atoms with Gasteiger partial charge >= 0.3 is 0 Å². The van der Waals surface area contributed by atoms with Gasteiger partial charge in [-0.15, -0.1) is 0 Å². The molecule has 1 aliphatic carbocycles. The minimum absolute atomic E-state index is 0.0152. The quantitative estimate of drug-likeness (QED) is 0.892. The van der Waals surface area contributed by atoms with E-state index in [0.29, 0.717) is 11.4 Å². The van der Waals surface area contributed by atoms with Crippen molar-refractivity contribution < 1.29 is 9.53 Å². The summed E-state index contributed by atoms with van der Waals surface area (Å²) in [6, 6.07) is 3.92. The molecule has 1 aliphatic rings. The molecule has 1 aromatic heterocycles. The van der Waals surface area contributed by atoms with Crippen LogP contribution in [0.25, 0.3) is 0 Å². The molecule has 0 unspecified atom stereocenters. The zero-order valence-electron chi connectivity index (χ0n) is 11.9. The lowest BCUT2D eigenvalue weighted by Gasteiger charge is -2.11. The Morgan fingerprint density at radius 3 is 3.10 bits per heavy atom. The first kappa shape index (κ1) is 14.5. The lowest BCUT2D eigenvalue weighted by atomic mass is 10.1. The lowest BCUT2D eigenvalue weighted by molar-refractivity contribution is -0.122. The van der Waals surface area contributed by atoms with Gasteiger partial charge in [0.25, 0.3) is 5.91 Å². The number of nitrogens with zero attached hydrogens (tertiary/aromatic N) is 2. The van der Waals surface area contributed by atoms with E-state index in [1.807, 2.05) is 19.9 Å². The maximum Gasteiger partial charge on any atom is 0.251 e. The van der Waals surface area contributed by atoms with Crippen LogP contribution >= 0.6 is 0 Å². The van der Waals surface area contributed by atoms with Gasteiger partial charge in [-0.25, -0.2) is 4.98 Å². The summed E-state index contributed by atoms with van der Waals surface area (Å²) in [5.41, 5.74) is 2.53. The summed E-state index contributed by atoms with van der Waals surface area (Å²) in [5.74, 6) is 0.0816. The van der Waals surface area contributed by atoms with E-state index in [4.69, 9.17) is 10.00 Å². The van der Waals surface area contributed by atoms with Gasteiger partial charge in [-0.05, 0) is 44.2 Å². The number of carbonyl (C=O) groups excluding carboxylic acids is 1. The summed E-state index contributed by atoms with van der Waals surface area (Å²) in [6.45, 7) is 3.90. The molecule has 1 aromatic rings. The van der Waals surface area contributed by atoms with E-state index >= 15 is 0 Å². The molecule has 106 valence electrons. The van der Waals surface area contributed by atoms with Gasteiger partial charge in [0.15, 0.2) is 5.82 Å². The molecule has 0 aromatic carbocycles. The second-order valence-corrected chi connectivity index (χ2v) is 5.03. The molecule has 0 aliphatic heterocycles. The van der Waals surface area contributed by atoms with Crippen molar-refractivity contribution in [1.29, 1.82) is 5.26 Å². The second kappa shape index (κ2) is 6.49. The standard InChI is InChI=1S/C15H19N3O2/c1-3-10(2)20-9-14(19)18-15-12(8-16)7-11-5-4-6-13(11)17-15/h7,10H,3-6,9H2,1-2H3,(H,17,18,19)/t10-/m0/s1. The average molecular weight is 273 g/mol. The van der Waals surface area contributed by atoms with E-state index in [1.165, 1.54) is 0 Å². The van der Waals surface area contributed by atoms with E-state index in [2.05, 4.69) is 16.4 Å². The molecule has 2 rings (SSSR count). The molecule has 1 N–H and O–H groups in total. The monoisotopic (exact) mass is 273 g/mol. The summed E-state index contributed by atoms with van der Waals surface area (Å²) in [4.78, 5) is 16.2. The van der Waals surface area contributed by atoms with Gasteiger partial charge in [0.2, 0.25) is 0 Å². The summed E-state index contributed by atoms with van der Waals surface area (Å²) < 4.78 is 5.37. The minimum Gasteiger partial charge on any atom is -0.369 e. The van der Waals surface area contributed by atoms with Crippen molar-refractivity contribution in [3.63, 3.8) is 0 Å². The van der Waals surface area contributed by atoms with Crippen LogP contribution in [0.3, 0.4) is 0 Å². The van der Waals surface area contributed by atoms with Crippen LogP contribution in [0.15, 0.2) is 6.07 Å². The first-order valence-corrected chi connectivity index (χ1v) is 6.98. The second-order valence-electron chi connectivity index (χ2n) is 5.03. The van der Waals surface area contributed by atoms with Gasteiger partial charge in [-0.3, -0.25) is 4.79 Å². The van der Waals surface area contributed by atoms with Crippen LogP contribution in [0, 0.1) is 11.3 Å². The predicted molar refractivity (Wildman–Crippen MR) is 75.3 cm³/mol. The molecule has 0 radical (unpaired) electrons. The Hall–Kier alpha value is -1.93. The first-order chi connectivity index (χ1) is 9.63. The van der Waals surface area contributed by atoms with Crippen LogP contribution in [-0.2, 0) is 22.4 Å². The highest BCUT2D eigenvalue weighted by atomic mass is 16.5. The first-order valence-electron chi connectivity index (χ1n) is 6.98. The molecule has 0 bridgehead atoms. The number of ether oxygens (including phenoxy) is 1. The molecular formula is C15H19N3O2. The number of nitrogens with one attached hydrogen (secondary N) is 1. The molecule has 1 amide bonds. The van der Waals surface area contributed by atoms with Crippen LogP contribution in [-0.4, -0.2) is 23.6 Å². The van der Waals surface area contributed by atoms with Gasteiger partial charge in [-0.2, -0.15) is 5.26 Å². The molecule has 0 saturated carbocycles. The Labute approximate surface area is 119 Å². The summed E-state index contributed by atoms with van der Waals surface area (Å²) in [6.07, 6.45) is 3.83. The van der Waals surface area contributed by atoms with Gasteiger partial charge in [-0.1, -0.05) is 6.92 Å². The Morgan fingerprint density at radius 1 is 1.60 bits per heavy atom. The van der Waals surface area contributed by atoms with Crippen molar-refractivity contribution in [1.82, 2.24) is 4.98 Å². The molecule has 1 heterocycles.